The van der Waals surface area contributed by atoms with Crippen molar-refractivity contribution < 1.29 is 9.53 Å². The number of rotatable bonds is 4. The number of benzene rings is 2. The Hall–Kier alpha value is -2.13. The number of carbonyl (C=O) groups is 1. The third kappa shape index (κ3) is 2.73. The molecule has 2 rings (SSSR count). The van der Waals surface area contributed by atoms with Crippen molar-refractivity contribution in [2.45, 2.75) is 20.4 Å². The predicted octanol–water partition coefficient (Wildman–Crippen LogP) is 3.00. The summed E-state index contributed by atoms with van der Waals surface area (Å²) in [4.78, 5) is 12.5. The normalized spacial score (nSPS) is 10.4. The number of ether oxygens (including phenoxy) is 1. The number of nitrogens with two attached hydrogens (primary N) is 1. The summed E-state index contributed by atoms with van der Waals surface area (Å²) in [6, 6.07) is 11.2. The van der Waals surface area contributed by atoms with Crippen molar-refractivity contribution in [2.75, 3.05) is 7.11 Å². The van der Waals surface area contributed by atoms with Gasteiger partial charge in [0, 0.05) is 17.7 Å². The van der Waals surface area contributed by atoms with E-state index in [9.17, 15) is 4.79 Å². The van der Waals surface area contributed by atoms with Gasteiger partial charge in [-0.3, -0.25) is 4.79 Å². The maximum Gasteiger partial charge on any atom is 0.193 e. The standard InChI is InChI=1S/C17H19NO2/c1-11-7-15(8-12(2)17(11)20-3)16(19)14-6-4-5-13(9-14)10-18/h4-9H,10,18H2,1-3H3. The average molecular weight is 269 g/mol. The summed E-state index contributed by atoms with van der Waals surface area (Å²) in [7, 11) is 1.64. The van der Waals surface area contributed by atoms with Gasteiger partial charge < -0.3 is 10.5 Å². The van der Waals surface area contributed by atoms with Crippen LogP contribution in [0.1, 0.15) is 32.6 Å². The van der Waals surface area contributed by atoms with E-state index in [0.29, 0.717) is 17.7 Å². The summed E-state index contributed by atoms with van der Waals surface area (Å²) in [6.45, 7) is 4.32. The van der Waals surface area contributed by atoms with Crippen molar-refractivity contribution >= 4 is 5.78 Å². The number of hydrogen-bond donors (Lipinski definition) is 1. The Morgan fingerprint density at radius 2 is 1.75 bits per heavy atom. The molecule has 2 aromatic rings. The summed E-state index contributed by atoms with van der Waals surface area (Å²) in [5.41, 5.74) is 9.84. The van der Waals surface area contributed by atoms with Gasteiger partial charge in [0.05, 0.1) is 7.11 Å². The number of hydrogen-bond acceptors (Lipinski definition) is 3. The molecule has 3 nitrogen and oxygen atoms in total. The van der Waals surface area contributed by atoms with E-state index >= 15 is 0 Å². The van der Waals surface area contributed by atoms with E-state index in [4.69, 9.17) is 10.5 Å². The molecule has 20 heavy (non-hydrogen) atoms. The van der Waals surface area contributed by atoms with Crippen molar-refractivity contribution in [3.05, 3.63) is 64.2 Å². The maximum atomic E-state index is 12.5. The molecule has 0 fully saturated rings. The van der Waals surface area contributed by atoms with Crippen LogP contribution in [0.3, 0.4) is 0 Å². The molecule has 3 heteroatoms. The van der Waals surface area contributed by atoms with Crippen LogP contribution in [-0.4, -0.2) is 12.9 Å². The van der Waals surface area contributed by atoms with Crippen LogP contribution in [0.2, 0.25) is 0 Å². The molecule has 0 amide bonds. The third-order valence-electron chi connectivity index (χ3n) is 3.35. The van der Waals surface area contributed by atoms with Crippen molar-refractivity contribution in [3.63, 3.8) is 0 Å². The Bertz CT molecular complexity index is 624. The first kappa shape index (κ1) is 14.3. The van der Waals surface area contributed by atoms with E-state index in [1.54, 1.807) is 7.11 Å². The van der Waals surface area contributed by atoms with Gasteiger partial charge in [-0.1, -0.05) is 18.2 Å². The summed E-state index contributed by atoms with van der Waals surface area (Å²) in [6.07, 6.45) is 0. The lowest BCUT2D eigenvalue weighted by molar-refractivity contribution is 0.103. The molecule has 0 radical (unpaired) electrons. The third-order valence-corrected chi connectivity index (χ3v) is 3.35. The predicted molar refractivity (Wildman–Crippen MR) is 80.2 cm³/mol. The fourth-order valence-electron chi connectivity index (χ4n) is 2.41. The number of aryl methyl sites for hydroxylation is 2. The highest BCUT2D eigenvalue weighted by atomic mass is 16.5. The van der Waals surface area contributed by atoms with Crippen LogP contribution in [0, 0.1) is 13.8 Å². The molecule has 0 aliphatic heterocycles. The number of ketones is 1. The van der Waals surface area contributed by atoms with Gasteiger partial charge in [0.15, 0.2) is 5.78 Å². The molecule has 104 valence electrons. The zero-order valence-electron chi connectivity index (χ0n) is 12.1. The minimum atomic E-state index is 0.00848. The van der Waals surface area contributed by atoms with Gasteiger partial charge >= 0.3 is 0 Å². The van der Waals surface area contributed by atoms with Gasteiger partial charge in [0.25, 0.3) is 0 Å². The summed E-state index contributed by atoms with van der Waals surface area (Å²) in [5.74, 6) is 0.839. The summed E-state index contributed by atoms with van der Waals surface area (Å²) >= 11 is 0. The van der Waals surface area contributed by atoms with Crippen molar-refractivity contribution in [3.8, 4) is 5.75 Å². The lowest BCUT2D eigenvalue weighted by Crippen LogP contribution is -2.05. The second-order valence-corrected chi connectivity index (χ2v) is 4.88. The topological polar surface area (TPSA) is 52.3 Å². The Kier molecular flexibility index (Phi) is 4.20. The molecule has 0 saturated carbocycles. The lowest BCUT2D eigenvalue weighted by atomic mass is 9.97. The Labute approximate surface area is 119 Å². The van der Waals surface area contributed by atoms with E-state index in [0.717, 1.165) is 22.4 Å². The van der Waals surface area contributed by atoms with Crippen LogP contribution in [0.25, 0.3) is 0 Å². The highest BCUT2D eigenvalue weighted by molar-refractivity contribution is 6.09. The van der Waals surface area contributed by atoms with Crippen LogP contribution >= 0.6 is 0 Å². The average Bonchev–Trinajstić information content (AvgIpc) is 2.46. The molecular weight excluding hydrogens is 250 g/mol. The number of carbonyl (C=O) groups excluding carboxylic acids is 1. The zero-order chi connectivity index (χ0) is 14.7. The Morgan fingerprint density at radius 1 is 1.10 bits per heavy atom. The molecule has 0 aliphatic carbocycles. The Balaban J connectivity index is 2.43. The second kappa shape index (κ2) is 5.88. The molecule has 0 heterocycles. The molecule has 2 aromatic carbocycles. The fraction of sp³-hybridized carbons (Fsp3) is 0.235. The van der Waals surface area contributed by atoms with E-state index in [2.05, 4.69) is 0 Å². The van der Waals surface area contributed by atoms with E-state index in [-0.39, 0.29) is 5.78 Å². The molecule has 0 aliphatic rings. The quantitative estimate of drug-likeness (QED) is 0.868. The first-order valence-corrected chi connectivity index (χ1v) is 6.55. The molecular formula is C17H19NO2. The van der Waals surface area contributed by atoms with E-state index in [1.807, 2.05) is 50.2 Å². The monoisotopic (exact) mass is 269 g/mol. The van der Waals surface area contributed by atoms with Crippen LogP contribution < -0.4 is 10.5 Å². The lowest BCUT2D eigenvalue weighted by Gasteiger charge is -2.11. The van der Waals surface area contributed by atoms with Crippen LogP contribution in [0.15, 0.2) is 36.4 Å². The van der Waals surface area contributed by atoms with Crippen molar-refractivity contribution in [1.29, 1.82) is 0 Å². The minimum absolute atomic E-state index is 0.00848. The highest BCUT2D eigenvalue weighted by Crippen LogP contribution is 2.25. The zero-order valence-corrected chi connectivity index (χ0v) is 12.1. The summed E-state index contributed by atoms with van der Waals surface area (Å²) < 4.78 is 5.32. The number of methoxy groups -OCH3 is 1. The molecule has 0 spiro atoms. The van der Waals surface area contributed by atoms with Gasteiger partial charge in [-0.15, -0.1) is 0 Å². The maximum absolute atomic E-state index is 12.5. The second-order valence-electron chi connectivity index (χ2n) is 4.88. The van der Waals surface area contributed by atoms with Gasteiger partial charge in [0.1, 0.15) is 5.75 Å². The van der Waals surface area contributed by atoms with Gasteiger partial charge in [-0.2, -0.15) is 0 Å². The largest absolute Gasteiger partial charge is 0.496 e. The highest BCUT2D eigenvalue weighted by Gasteiger charge is 2.13. The molecule has 0 aromatic heterocycles. The van der Waals surface area contributed by atoms with Gasteiger partial charge in [-0.05, 0) is 48.7 Å². The molecule has 2 N–H and O–H groups in total. The minimum Gasteiger partial charge on any atom is -0.496 e. The van der Waals surface area contributed by atoms with E-state index in [1.165, 1.54) is 0 Å². The fourth-order valence-corrected chi connectivity index (χ4v) is 2.41. The van der Waals surface area contributed by atoms with Crippen LogP contribution in [-0.2, 0) is 6.54 Å². The van der Waals surface area contributed by atoms with E-state index < -0.39 is 0 Å². The SMILES string of the molecule is COc1c(C)cc(C(=O)c2cccc(CN)c2)cc1C. The Morgan fingerprint density at radius 3 is 2.30 bits per heavy atom. The van der Waals surface area contributed by atoms with Crippen LogP contribution in [0.5, 0.6) is 5.75 Å². The first-order chi connectivity index (χ1) is 9.56. The molecule has 0 atom stereocenters. The van der Waals surface area contributed by atoms with Gasteiger partial charge in [-0.25, -0.2) is 0 Å². The van der Waals surface area contributed by atoms with Crippen molar-refractivity contribution in [2.24, 2.45) is 5.73 Å². The van der Waals surface area contributed by atoms with Gasteiger partial charge in [0.2, 0.25) is 0 Å². The molecule has 0 bridgehead atoms. The smallest absolute Gasteiger partial charge is 0.193 e. The molecule has 0 unspecified atom stereocenters. The first-order valence-electron chi connectivity index (χ1n) is 6.55. The van der Waals surface area contributed by atoms with Crippen LogP contribution in [0.4, 0.5) is 0 Å². The summed E-state index contributed by atoms with van der Waals surface area (Å²) in [5, 5.41) is 0. The molecule has 0 saturated heterocycles. The van der Waals surface area contributed by atoms with Crippen molar-refractivity contribution in [1.82, 2.24) is 0 Å².